The summed E-state index contributed by atoms with van der Waals surface area (Å²) < 4.78 is 34.9. The Morgan fingerprint density at radius 3 is 2.60 bits per heavy atom. The minimum Gasteiger partial charge on any atom is -0.486 e. The van der Waals surface area contributed by atoms with E-state index in [1.54, 1.807) is 6.20 Å². The van der Waals surface area contributed by atoms with Gasteiger partial charge in [-0.05, 0) is 60.7 Å². The monoisotopic (exact) mass is 415 g/mol. The number of hydrogen-bond donors (Lipinski definition) is 2. The van der Waals surface area contributed by atoms with E-state index >= 15 is 0 Å². The molecule has 2 aromatic carbocycles. The Labute approximate surface area is 175 Å². The van der Waals surface area contributed by atoms with Crippen molar-refractivity contribution in [3.63, 3.8) is 0 Å². The van der Waals surface area contributed by atoms with Crippen LogP contribution in [-0.2, 0) is 20.1 Å². The number of aliphatic hydroxyl groups excluding tert-OH is 1. The lowest BCUT2D eigenvalue weighted by atomic mass is 9.98. The molecule has 3 aromatic rings. The molecule has 0 bridgehead atoms. The topological polar surface area (TPSA) is 59.3 Å². The van der Waals surface area contributed by atoms with Gasteiger partial charge in [0.2, 0.25) is 0 Å². The van der Waals surface area contributed by atoms with Crippen molar-refractivity contribution in [2.45, 2.75) is 26.0 Å². The number of rotatable bonds is 10. The van der Waals surface area contributed by atoms with Gasteiger partial charge in [-0.1, -0.05) is 12.1 Å². The normalized spacial score (nSPS) is 13.2. The van der Waals surface area contributed by atoms with Gasteiger partial charge in [0.05, 0.1) is 0 Å². The highest BCUT2D eigenvalue weighted by molar-refractivity contribution is 5.29. The van der Waals surface area contributed by atoms with E-state index in [4.69, 9.17) is 4.74 Å². The summed E-state index contributed by atoms with van der Waals surface area (Å²) in [4.78, 5) is 4.23. The molecule has 0 radical (unpaired) electrons. The summed E-state index contributed by atoms with van der Waals surface area (Å²) >= 11 is 0. The van der Waals surface area contributed by atoms with Gasteiger partial charge in [0.25, 0.3) is 0 Å². The van der Waals surface area contributed by atoms with Gasteiger partial charge >= 0.3 is 0 Å². The molecule has 2 N–H and O–H groups in total. The first-order valence-corrected chi connectivity index (χ1v) is 9.93. The third kappa shape index (κ3) is 5.87. The summed E-state index contributed by atoms with van der Waals surface area (Å²) in [5, 5.41) is 13.0. The average molecular weight is 415 g/mol. The highest BCUT2D eigenvalue weighted by atomic mass is 19.1. The second-order valence-corrected chi connectivity index (χ2v) is 7.43. The third-order valence-electron chi connectivity index (χ3n) is 5.16. The number of halogens is 2. The highest BCUT2D eigenvalue weighted by Crippen LogP contribution is 2.20. The van der Waals surface area contributed by atoms with Crippen LogP contribution in [-0.4, -0.2) is 27.8 Å². The zero-order chi connectivity index (χ0) is 21.5. The lowest BCUT2D eigenvalue weighted by Crippen LogP contribution is -2.29. The van der Waals surface area contributed by atoms with E-state index in [2.05, 4.69) is 10.3 Å². The standard InChI is InChI=1S/C23H27F2N3O2/c1-16(27-13-17(14-29)11-19-12-20(24)5-8-22(19)25)18-3-6-21(7-4-18)30-15-23-26-9-10-28(23)2/h3-10,12,16-17,27,29H,11,13-15H2,1-2H3. The Bertz CT molecular complexity index is 944. The van der Waals surface area contributed by atoms with Gasteiger partial charge in [0, 0.05) is 38.6 Å². The lowest BCUT2D eigenvalue weighted by molar-refractivity contribution is 0.218. The number of benzene rings is 2. The molecule has 1 heterocycles. The van der Waals surface area contributed by atoms with E-state index in [0.29, 0.717) is 13.2 Å². The van der Waals surface area contributed by atoms with Crippen molar-refractivity contribution in [2.75, 3.05) is 13.2 Å². The Morgan fingerprint density at radius 1 is 1.17 bits per heavy atom. The fourth-order valence-electron chi connectivity index (χ4n) is 3.21. The van der Waals surface area contributed by atoms with Crippen LogP contribution in [0.25, 0.3) is 0 Å². The van der Waals surface area contributed by atoms with Crippen molar-refractivity contribution in [1.29, 1.82) is 0 Å². The van der Waals surface area contributed by atoms with E-state index in [1.165, 1.54) is 6.07 Å². The summed E-state index contributed by atoms with van der Waals surface area (Å²) in [7, 11) is 1.92. The lowest BCUT2D eigenvalue weighted by Gasteiger charge is -2.20. The smallest absolute Gasteiger partial charge is 0.146 e. The van der Waals surface area contributed by atoms with Gasteiger partial charge in [-0.3, -0.25) is 0 Å². The summed E-state index contributed by atoms with van der Waals surface area (Å²) in [6, 6.07) is 11.2. The van der Waals surface area contributed by atoms with Crippen molar-refractivity contribution in [3.8, 4) is 5.75 Å². The van der Waals surface area contributed by atoms with E-state index in [-0.39, 0.29) is 30.6 Å². The predicted octanol–water partition coefficient (Wildman–Crippen LogP) is 3.78. The quantitative estimate of drug-likeness (QED) is 0.529. The molecule has 160 valence electrons. The second-order valence-electron chi connectivity index (χ2n) is 7.43. The minimum absolute atomic E-state index is 0.0278. The molecular formula is C23H27F2N3O2. The fraction of sp³-hybridized carbons (Fsp3) is 0.348. The summed E-state index contributed by atoms with van der Waals surface area (Å²) in [6.07, 6.45) is 3.87. The SMILES string of the molecule is CC(NCC(CO)Cc1cc(F)ccc1F)c1ccc(OCc2nccn2C)cc1. The minimum atomic E-state index is -0.477. The second kappa shape index (κ2) is 10.3. The van der Waals surface area contributed by atoms with Gasteiger partial charge in [0.1, 0.15) is 29.8 Å². The molecule has 0 saturated carbocycles. The third-order valence-corrected chi connectivity index (χ3v) is 5.16. The first-order chi connectivity index (χ1) is 14.5. The van der Waals surface area contributed by atoms with Crippen LogP contribution in [0.1, 0.15) is 29.9 Å². The number of hydrogen-bond acceptors (Lipinski definition) is 4. The molecule has 0 amide bonds. The predicted molar refractivity (Wildman–Crippen MR) is 111 cm³/mol. The zero-order valence-corrected chi connectivity index (χ0v) is 17.2. The summed E-state index contributed by atoms with van der Waals surface area (Å²) in [5.74, 6) is 0.450. The molecule has 0 aliphatic rings. The highest BCUT2D eigenvalue weighted by Gasteiger charge is 2.14. The number of aromatic nitrogens is 2. The fourth-order valence-corrected chi connectivity index (χ4v) is 3.21. The molecule has 0 fully saturated rings. The number of imidazole rings is 1. The molecule has 0 spiro atoms. The maximum absolute atomic E-state index is 13.9. The van der Waals surface area contributed by atoms with Crippen molar-refractivity contribution in [1.82, 2.24) is 14.9 Å². The molecule has 0 aliphatic carbocycles. The average Bonchev–Trinajstić information content (AvgIpc) is 3.16. The number of nitrogens with zero attached hydrogens (tertiary/aromatic N) is 2. The maximum Gasteiger partial charge on any atom is 0.146 e. The largest absolute Gasteiger partial charge is 0.486 e. The number of aryl methyl sites for hydroxylation is 1. The van der Waals surface area contributed by atoms with Crippen molar-refractivity contribution < 1.29 is 18.6 Å². The molecule has 0 aliphatic heterocycles. The molecule has 3 rings (SSSR count). The van der Waals surface area contributed by atoms with Crippen molar-refractivity contribution >= 4 is 0 Å². The van der Waals surface area contributed by atoms with Crippen LogP contribution in [0, 0.1) is 17.6 Å². The van der Waals surface area contributed by atoms with Crippen molar-refractivity contribution in [2.24, 2.45) is 13.0 Å². The van der Waals surface area contributed by atoms with E-state index in [9.17, 15) is 13.9 Å². The van der Waals surface area contributed by atoms with Crippen LogP contribution in [0.4, 0.5) is 8.78 Å². The molecule has 2 atom stereocenters. The van der Waals surface area contributed by atoms with Gasteiger partial charge in [-0.25, -0.2) is 13.8 Å². The van der Waals surface area contributed by atoms with E-state index in [1.807, 2.05) is 49.0 Å². The Hall–Kier alpha value is -2.77. The van der Waals surface area contributed by atoms with Crippen LogP contribution in [0.2, 0.25) is 0 Å². The van der Waals surface area contributed by atoms with Crippen LogP contribution >= 0.6 is 0 Å². The molecule has 0 saturated heterocycles. The zero-order valence-electron chi connectivity index (χ0n) is 17.2. The Kier molecular flexibility index (Phi) is 7.54. The molecule has 5 nitrogen and oxygen atoms in total. The van der Waals surface area contributed by atoms with Crippen LogP contribution < -0.4 is 10.1 Å². The maximum atomic E-state index is 13.9. The number of ether oxygens (including phenoxy) is 1. The van der Waals surface area contributed by atoms with Crippen LogP contribution in [0.5, 0.6) is 5.75 Å². The molecular weight excluding hydrogens is 388 g/mol. The van der Waals surface area contributed by atoms with Gasteiger partial charge < -0.3 is 19.7 Å². The van der Waals surface area contributed by atoms with Gasteiger partial charge in [-0.2, -0.15) is 0 Å². The van der Waals surface area contributed by atoms with Gasteiger partial charge in [0.15, 0.2) is 0 Å². The Morgan fingerprint density at radius 2 is 1.93 bits per heavy atom. The first kappa shape index (κ1) is 21.9. The van der Waals surface area contributed by atoms with Crippen LogP contribution in [0.15, 0.2) is 54.9 Å². The summed E-state index contributed by atoms with van der Waals surface area (Å²) in [6.45, 7) is 2.77. The van der Waals surface area contributed by atoms with E-state index in [0.717, 1.165) is 29.3 Å². The molecule has 1 aromatic heterocycles. The molecule has 7 heteroatoms. The Balaban J connectivity index is 1.51. The van der Waals surface area contributed by atoms with Gasteiger partial charge in [-0.15, -0.1) is 0 Å². The first-order valence-electron chi connectivity index (χ1n) is 9.93. The van der Waals surface area contributed by atoms with E-state index < -0.39 is 11.6 Å². The number of nitrogens with one attached hydrogen (secondary N) is 1. The van der Waals surface area contributed by atoms with Crippen LogP contribution in [0.3, 0.4) is 0 Å². The molecule has 2 unspecified atom stereocenters. The number of aliphatic hydroxyl groups is 1. The summed E-state index contributed by atoms with van der Waals surface area (Å²) in [5.41, 5.74) is 1.34. The molecule has 30 heavy (non-hydrogen) atoms. The van der Waals surface area contributed by atoms with Crippen molar-refractivity contribution in [3.05, 3.63) is 83.4 Å².